The number of hydrogen-bond acceptors (Lipinski definition) is 4. The van der Waals surface area contributed by atoms with Crippen LogP contribution in [0.1, 0.15) is 36.6 Å². The second kappa shape index (κ2) is 5.13. The van der Waals surface area contributed by atoms with Gasteiger partial charge in [-0.25, -0.2) is 0 Å². The first-order chi connectivity index (χ1) is 9.28. The van der Waals surface area contributed by atoms with E-state index in [1.54, 1.807) is 0 Å². The van der Waals surface area contributed by atoms with Gasteiger partial charge in [0.05, 0.1) is 5.92 Å². The third-order valence-electron chi connectivity index (χ3n) is 3.92. The molecule has 1 aliphatic carbocycles. The molecule has 1 aromatic heterocycles. The molecule has 19 heavy (non-hydrogen) atoms. The average Bonchev–Trinajstić information content (AvgIpc) is 3.07. The van der Waals surface area contributed by atoms with Gasteiger partial charge in [0, 0.05) is 11.6 Å². The van der Waals surface area contributed by atoms with Crippen LogP contribution in [0.4, 0.5) is 0 Å². The molecule has 3 rings (SSSR count). The van der Waals surface area contributed by atoms with Crippen LogP contribution in [0.3, 0.4) is 0 Å². The highest BCUT2D eigenvalue weighted by Crippen LogP contribution is 2.34. The lowest BCUT2D eigenvalue weighted by Gasteiger charge is -2.14. The highest BCUT2D eigenvalue weighted by atomic mass is 16.5. The molecule has 0 saturated heterocycles. The Hall–Kier alpha value is -1.68. The number of rotatable bonds is 3. The van der Waals surface area contributed by atoms with Gasteiger partial charge in [0.15, 0.2) is 0 Å². The highest BCUT2D eigenvalue weighted by molar-refractivity contribution is 5.55. The standard InChI is InChI=1S/C15H19N3O/c1-10-5-3-6-11(9-10)14-17-15(19-18-14)12-7-4-8-13(12)16-2/h3,5-6,9,12-13,16H,4,7-8H2,1-2H3. The summed E-state index contributed by atoms with van der Waals surface area (Å²) in [5.41, 5.74) is 2.23. The van der Waals surface area contributed by atoms with Gasteiger partial charge in [-0.05, 0) is 32.9 Å². The molecule has 1 aromatic carbocycles. The van der Waals surface area contributed by atoms with E-state index < -0.39 is 0 Å². The fraction of sp³-hybridized carbons (Fsp3) is 0.467. The second-order valence-electron chi connectivity index (χ2n) is 5.26. The average molecular weight is 257 g/mol. The zero-order valence-electron chi connectivity index (χ0n) is 11.4. The molecule has 4 heteroatoms. The van der Waals surface area contributed by atoms with Gasteiger partial charge in [-0.2, -0.15) is 4.98 Å². The van der Waals surface area contributed by atoms with Crippen molar-refractivity contribution in [3.8, 4) is 11.4 Å². The number of benzene rings is 1. The molecule has 4 nitrogen and oxygen atoms in total. The quantitative estimate of drug-likeness (QED) is 0.918. The minimum atomic E-state index is 0.357. The minimum absolute atomic E-state index is 0.357. The minimum Gasteiger partial charge on any atom is -0.339 e. The number of aromatic nitrogens is 2. The van der Waals surface area contributed by atoms with E-state index in [9.17, 15) is 0 Å². The van der Waals surface area contributed by atoms with E-state index in [1.807, 2.05) is 19.2 Å². The van der Waals surface area contributed by atoms with Crippen molar-refractivity contribution in [1.82, 2.24) is 15.5 Å². The molecule has 2 aromatic rings. The van der Waals surface area contributed by atoms with E-state index in [0.717, 1.165) is 17.9 Å². The number of likely N-dealkylation sites (N-methyl/N-ethyl adjacent to an activating group) is 1. The summed E-state index contributed by atoms with van der Waals surface area (Å²) in [5, 5.41) is 7.47. The van der Waals surface area contributed by atoms with Gasteiger partial charge >= 0.3 is 0 Å². The van der Waals surface area contributed by atoms with Crippen LogP contribution in [0.25, 0.3) is 11.4 Å². The summed E-state index contributed by atoms with van der Waals surface area (Å²) in [6.45, 7) is 2.07. The van der Waals surface area contributed by atoms with Gasteiger partial charge in [-0.3, -0.25) is 0 Å². The molecule has 100 valence electrons. The molecular formula is C15H19N3O. The lowest BCUT2D eigenvalue weighted by molar-refractivity contribution is 0.335. The molecule has 2 unspecified atom stereocenters. The van der Waals surface area contributed by atoms with Crippen LogP contribution in [-0.4, -0.2) is 23.2 Å². The summed E-state index contributed by atoms with van der Waals surface area (Å²) >= 11 is 0. The molecule has 0 spiro atoms. The van der Waals surface area contributed by atoms with Crippen molar-refractivity contribution >= 4 is 0 Å². The molecule has 1 N–H and O–H groups in total. The smallest absolute Gasteiger partial charge is 0.231 e. The summed E-state index contributed by atoms with van der Waals surface area (Å²) in [5.74, 6) is 1.82. The molecule has 1 heterocycles. The summed E-state index contributed by atoms with van der Waals surface area (Å²) in [4.78, 5) is 4.58. The van der Waals surface area contributed by atoms with Crippen LogP contribution < -0.4 is 5.32 Å². The van der Waals surface area contributed by atoms with Gasteiger partial charge < -0.3 is 9.84 Å². The van der Waals surface area contributed by atoms with Gasteiger partial charge in [0.25, 0.3) is 0 Å². The zero-order chi connectivity index (χ0) is 13.2. The second-order valence-corrected chi connectivity index (χ2v) is 5.26. The van der Waals surface area contributed by atoms with Gasteiger partial charge in [-0.1, -0.05) is 35.3 Å². The third kappa shape index (κ3) is 2.40. The monoisotopic (exact) mass is 257 g/mol. The maximum Gasteiger partial charge on any atom is 0.231 e. The van der Waals surface area contributed by atoms with Crippen molar-refractivity contribution in [3.05, 3.63) is 35.7 Å². The normalized spacial score (nSPS) is 22.8. The number of nitrogens with one attached hydrogen (secondary N) is 1. The molecule has 1 fully saturated rings. The Morgan fingerprint density at radius 1 is 1.32 bits per heavy atom. The van der Waals surface area contributed by atoms with Gasteiger partial charge in [0.1, 0.15) is 0 Å². The van der Waals surface area contributed by atoms with Crippen LogP contribution in [0, 0.1) is 6.92 Å². The van der Waals surface area contributed by atoms with E-state index in [0.29, 0.717) is 17.8 Å². The van der Waals surface area contributed by atoms with E-state index in [1.165, 1.54) is 18.4 Å². The Balaban J connectivity index is 1.87. The molecule has 1 aliphatic rings. The maximum atomic E-state index is 5.47. The van der Waals surface area contributed by atoms with Crippen LogP contribution in [-0.2, 0) is 0 Å². The lowest BCUT2D eigenvalue weighted by Crippen LogP contribution is -2.27. The predicted molar refractivity (Wildman–Crippen MR) is 73.9 cm³/mol. The largest absolute Gasteiger partial charge is 0.339 e. The Bertz CT molecular complexity index is 564. The Labute approximate surface area is 113 Å². The van der Waals surface area contributed by atoms with Crippen LogP contribution in [0.15, 0.2) is 28.8 Å². The zero-order valence-corrected chi connectivity index (χ0v) is 11.4. The molecule has 0 radical (unpaired) electrons. The molecule has 0 bridgehead atoms. The molecule has 2 atom stereocenters. The summed E-state index contributed by atoms with van der Waals surface area (Å²) in [6, 6.07) is 8.65. The van der Waals surface area contributed by atoms with Crippen molar-refractivity contribution < 1.29 is 4.52 Å². The fourth-order valence-corrected chi connectivity index (χ4v) is 2.89. The van der Waals surface area contributed by atoms with Crippen molar-refractivity contribution in [2.45, 2.75) is 38.1 Å². The SMILES string of the molecule is CNC1CCCC1c1nc(-c2cccc(C)c2)no1. The fourth-order valence-electron chi connectivity index (χ4n) is 2.89. The Morgan fingerprint density at radius 2 is 2.21 bits per heavy atom. The molecule has 0 amide bonds. The predicted octanol–water partition coefficient (Wildman–Crippen LogP) is 2.90. The van der Waals surface area contributed by atoms with Gasteiger partial charge in [-0.15, -0.1) is 0 Å². The molecule has 1 saturated carbocycles. The molecule has 0 aliphatic heterocycles. The van der Waals surface area contributed by atoms with Crippen LogP contribution in [0.2, 0.25) is 0 Å². The first kappa shape index (κ1) is 12.4. The van der Waals surface area contributed by atoms with E-state index in [2.05, 4.69) is 34.5 Å². The number of aryl methyl sites for hydroxylation is 1. The topological polar surface area (TPSA) is 51.0 Å². The molecular weight excluding hydrogens is 238 g/mol. The Morgan fingerprint density at radius 3 is 3.00 bits per heavy atom. The van der Waals surface area contributed by atoms with Crippen molar-refractivity contribution in [2.24, 2.45) is 0 Å². The van der Waals surface area contributed by atoms with Gasteiger partial charge in [0.2, 0.25) is 11.7 Å². The number of hydrogen-bond donors (Lipinski definition) is 1. The number of nitrogens with zero attached hydrogens (tertiary/aromatic N) is 2. The van der Waals surface area contributed by atoms with E-state index >= 15 is 0 Å². The van der Waals surface area contributed by atoms with Crippen LogP contribution >= 0.6 is 0 Å². The maximum absolute atomic E-state index is 5.47. The summed E-state index contributed by atoms with van der Waals surface area (Å²) < 4.78 is 5.47. The van der Waals surface area contributed by atoms with Crippen molar-refractivity contribution in [3.63, 3.8) is 0 Å². The lowest BCUT2D eigenvalue weighted by atomic mass is 10.0. The first-order valence-corrected chi connectivity index (χ1v) is 6.86. The summed E-state index contributed by atoms with van der Waals surface area (Å²) in [6.07, 6.45) is 3.53. The highest BCUT2D eigenvalue weighted by Gasteiger charge is 2.31. The van der Waals surface area contributed by atoms with Crippen molar-refractivity contribution in [1.29, 1.82) is 0 Å². The Kier molecular flexibility index (Phi) is 3.34. The van der Waals surface area contributed by atoms with Crippen LogP contribution in [0.5, 0.6) is 0 Å². The summed E-state index contributed by atoms with van der Waals surface area (Å²) in [7, 11) is 2.00. The van der Waals surface area contributed by atoms with Crippen molar-refractivity contribution in [2.75, 3.05) is 7.05 Å². The first-order valence-electron chi connectivity index (χ1n) is 6.86. The van der Waals surface area contributed by atoms with E-state index in [-0.39, 0.29) is 0 Å². The third-order valence-corrected chi connectivity index (χ3v) is 3.92. The van der Waals surface area contributed by atoms with E-state index in [4.69, 9.17) is 4.52 Å².